The molecule has 210 valence electrons. The molecule has 1 saturated carbocycles. The summed E-state index contributed by atoms with van der Waals surface area (Å²) in [6.07, 6.45) is 15.7. The molecule has 0 spiro atoms. The number of rotatable bonds is 4. The summed E-state index contributed by atoms with van der Waals surface area (Å²) in [5, 5.41) is 0.370. The Bertz CT molecular complexity index is 1660. The largest absolute Gasteiger partial charge is 0.485 e. The number of benzene rings is 2. The van der Waals surface area contributed by atoms with Crippen LogP contribution in [0.4, 0.5) is 8.78 Å². The third-order valence-corrected chi connectivity index (χ3v) is 10.1. The number of thiophene rings is 1. The summed E-state index contributed by atoms with van der Waals surface area (Å²) in [6, 6.07) is 12.4. The van der Waals surface area contributed by atoms with E-state index in [0.29, 0.717) is 29.0 Å². The smallest absolute Gasteiger partial charge is 0.267 e. The van der Waals surface area contributed by atoms with Crippen molar-refractivity contribution in [1.82, 2.24) is 9.88 Å². The number of aryl methyl sites for hydroxylation is 1. The first-order valence-corrected chi connectivity index (χ1v) is 15.3. The number of hydrogen-bond donors (Lipinski definition) is 1. The van der Waals surface area contributed by atoms with E-state index in [1.165, 1.54) is 29.9 Å². The van der Waals surface area contributed by atoms with Crippen molar-refractivity contribution in [2.45, 2.75) is 51.6 Å². The van der Waals surface area contributed by atoms with Gasteiger partial charge in [0.05, 0.1) is 15.0 Å². The number of amides is 1. The number of terminal acetylenes is 1. The number of carbonyl (C=O) groups is 1. The van der Waals surface area contributed by atoms with Gasteiger partial charge in [0.15, 0.2) is 0 Å². The third kappa shape index (κ3) is 5.76. The van der Waals surface area contributed by atoms with Crippen molar-refractivity contribution in [3.05, 3.63) is 82.0 Å². The summed E-state index contributed by atoms with van der Waals surface area (Å²) in [5.74, 6) is -0.533. The number of hydrogen-bond acceptors (Lipinski definition) is 5. The minimum atomic E-state index is -0.570. The van der Waals surface area contributed by atoms with Gasteiger partial charge in [0.25, 0.3) is 5.91 Å². The summed E-state index contributed by atoms with van der Waals surface area (Å²) in [4.78, 5) is 19.2. The van der Waals surface area contributed by atoms with Gasteiger partial charge in [0, 0.05) is 29.7 Å². The highest BCUT2D eigenvalue weighted by molar-refractivity contribution is 7.43. The minimum absolute atomic E-state index is 0.216. The maximum atomic E-state index is 14.8. The quantitative estimate of drug-likeness (QED) is 0.198. The van der Waals surface area contributed by atoms with Gasteiger partial charge in [-0.15, -0.1) is 24.2 Å². The van der Waals surface area contributed by atoms with Gasteiger partial charge in [-0.3, -0.25) is 14.7 Å². The molecule has 0 saturated heterocycles. The van der Waals surface area contributed by atoms with Crippen molar-refractivity contribution in [2.24, 2.45) is 5.73 Å². The van der Waals surface area contributed by atoms with Crippen molar-refractivity contribution >= 4 is 41.0 Å². The lowest BCUT2D eigenvalue weighted by molar-refractivity contribution is 0.0995. The standard InChI is InChI=1S/C30H28F2N3O2PS.C2H2/c1-17-26-22(31)8-9-23(32)28(26)39-27(17)30-35(21-5-3-2-4-6-21)15-20-13-18(7-10-25(20)37-16-38-30)19-11-12-34-24(14-19)29(33)36;1-2/h7-14,21H,2-6,15-16H2,1H3,(H2,33,36);1-2H. The van der Waals surface area contributed by atoms with Crippen molar-refractivity contribution in [2.75, 3.05) is 6.35 Å². The zero-order valence-electron chi connectivity index (χ0n) is 22.7. The molecule has 2 aromatic heterocycles. The van der Waals surface area contributed by atoms with E-state index in [2.05, 4.69) is 28.8 Å². The molecule has 0 atom stereocenters. The lowest BCUT2D eigenvalue weighted by Gasteiger charge is -2.37. The molecule has 5 nitrogen and oxygen atoms in total. The number of nitrogens with zero attached hydrogens (tertiary/aromatic N) is 2. The fourth-order valence-corrected chi connectivity index (χ4v) is 8.23. The van der Waals surface area contributed by atoms with E-state index in [4.69, 9.17) is 10.5 Å². The summed E-state index contributed by atoms with van der Waals surface area (Å²) in [7, 11) is 0.965. The van der Waals surface area contributed by atoms with Gasteiger partial charge in [-0.05, 0) is 81.1 Å². The number of fused-ring (bicyclic) bond motifs is 2. The van der Waals surface area contributed by atoms with E-state index in [1.807, 2.05) is 25.1 Å². The zero-order valence-corrected chi connectivity index (χ0v) is 24.4. The monoisotopic (exact) mass is 589 g/mol. The summed E-state index contributed by atoms with van der Waals surface area (Å²) < 4.78 is 36.2. The van der Waals surface area contributed by atoms with Gasteiger partial charge < -0.3 is 10.5 Å². The van der Waals surface area contributed by atoms with Crippen LogP contribution in [-0.4, -0.2) is 33.6 Å². The van der Waals surface area contributed by atoms with Crippen molar-refractivity contribution in [3.63, 3.8) is 0 Å². The molecule has 9 heteroatoms. The first kappa shape index (κ1) is 28.9. The highest BCUT2D eigenvalue weighted by Crippen LogP contribution is 2.40. The highest BCUT2D eigenvalue weighted by atomic mass is 32.1. The van der Waals surface area contributed by atoms with Gasteiger partial charge >= 0.3 is 0 Å². The number of halogens is 2. The SMILES string of the molecule is C#C.Cc1c(C2=PCOc3ccc(-c4ccnc(C(N)=O)c4)cc3CN2C2CCCCC2)sc2c(F)ccc(F)c12. The second-order valence-corrected chi connectivity index (χ2v) is 12.1. The molecule has 1 amide bonds. The molecule has 1 fully saturated rings. The molecule has 0 unspecified atom stereocenters. The second-order valence-electron chi connectivity index (χ2n) is 10.1. The topological polar surface area (TPSA) is 68.5 Å². The molecule has 1 aliphatic carbocycles. The van der Waals surface area contributed by atoms with Crippen LogP contribution in [0.2, 0.25) is 0 Å². The van der Waals surface area contributed by atoms with E-state index in [0.717, 1.165) is 72.2 Å². The predicted molar refractivity (Wildman–Crippen MR) is 163 cm³/mol. The Hall–Kier alpha value is -3.63. The van der Waals surface area contributed by atoms with E-state index in [9.17, 15) is 13.6 Å². The molecule has 0 bridgehead atoms. The average Bonchev–Trinajstić information content (AvgIpc) is 3.34. The molecule has 1 aliphatic heterocycles. The molecular weight excluding hydrogens is 559 g/mol. The molecule has 2 N–H and O–H groups in total. The second kappa shape index (κ2) is 12.5. The summed E-state index contributed by atoms with van der Waals surface area (Å²) >= 11 is 1.33. The van der Waals surface area contributed by atoms with Crippen LogP contribution in [0.15, 0.2) is 48.7 Å². The lowest BCUT2D eigenvalue weighted by Crippen LogP contribution is -2.41. The Kier molecular flexibility index (Phi) is 8.79. The lowest BCUT2D eigenvalue weighted by atomic mass is 9.93. The predicted octanol–water partition coefficient (Wildman–Crippen LogP) is 7.51. The van der Waals surface area contributed by atoms with E-state index in [-0.39, 0.29) is 5.69 Å². The molecular formula is C32H30F2N3O2PS. The van der Waals surface area contributed by atoms with Crippen LogP contribution >= 0.6 is 19.5 Å². The number of ether oxygens (including phenoxy) is 1. The molecule has 2 aliphatic rings. The van der Waals surface area contributed by atoms with E-state index >= 15 is 0 Å². The maximum absolute atomic E-state index is 14.8. The maximum Gasteiger partial charge on any atom is 0.267 e. The fourth-order valence-electron chi connectivity index (χ4n) is 5.67. The minimum Gasteiger partial charge on any atom is -0.485 e. The highest BCUT2D eigenvalue weighted by Gasteiger charge is 2.30. The van der Waals surface area contributed by atoms with Crippen molar-refractivity contribution in [1.29, 1.82) is 0 Å². The van der Waals surface area contributed by atoms with Gasteiger partial charge in [-0.2, -0.15) is 0 Å². The summed E-state index contributed by atoms with van der Waals surface area (Å²) in [6.45, 7) is 2.51. The summed E-state index contributed by atoms with van der Waals surface area (Å²) in [5.41, 5.74) is 10.3. The first-order valence-electron chi connectivity index (χ1n) is 13.4. The number of aromatic nitrogens is 1. The Balaban J connectivity index is 0.00000165. The Morgan fingerprint density at radius 2 is 1.80 bits per heavy atom. The van der Waals surface area contributed by atoms with Crippen LogP contribution in [0.3, 0.4) is 0 Å². The van der Waals surface area contributed by atoms with Crippen molar-refractivity contribution < 1.29 is 18.3 Å². The van der Waals surface area contributed by atoms with Gasteiger partial charge in [-0.1, -0.05) is 25.3 Å². The zero-order chi connectivity index (χ0) is 29.1. The number of carbonyl (C=O) groups excluding carboxylic acids is 1. The van der Waals surface area contributed by atoms with Gasteiger partial charge in [0.2, 0.25) is 0 Å². The Morgan fingerprint density at radius 3 is 2.54 bits per heavy atom. The van der Waals surface area contributed by atoms with Crippen LogP contribution in [0, 0.1) is 31.4 Å². The fraction of sp³-hybridized carbons (Fsp3) is 0.281. The molecule has 2 aromatic carbocycles. The van der Waals surface area contributed by atoms with E-state index < -0.39 is 17.5 Å². The first-order chi connectivity index (χ1) is 19.9. The normalized spacial score (nSPS) is 16.4. The molecule has 3 heterocycles. The number of primary amides is 1. The van der Waals surface area contributed by atoms with Crippen LogP contribution in [0.5, 0.6) is 5.75 Å². The Labute approximate surface area is 244 Å². The molecule has 41 heavy (non-hydrogen) atoms. The van der Waals surface area contributed by atoms with Crippen LogP contribution in [-0.2, 0) is 6.54 Å². The number of nitrogens with two attached hydrogens (primary N) is 1. The number of pyridine rings is 1. The van der Waals surface area contributed by atoms with Gasteiger partial charge in [0.1, 0.15) is 29.4 Å². The van der Waals surface area contributed by atoms with Crippen LogP contribution in [0.25, 0.3) is 21.2 Å². The molecule has 6 rings (SSSR count). The Morgan fingerprint density at radius 1 is 1.07 bits per heavy atom. The third-order valence-electron chi connectivity index (χ3n) is 7.65. The van der Waals surface area contributed by atoms with Crippen LogP contribution < -0.4 is 10.5 Å². The molecule has 4 aromatic rings. The van der Waals surface area contributed by atoms with Crippen molar-refractivity contribution in [3.8, 4) is 29.7 Å². The molecule has 0 radical (unpaired) electrons. The van der Waals surface area contributed by atoms with Crippen LogP contribution in [0.1, 0.15) is 58.6 Å². The van der Waals surface area contributed by atoms with Gasteiger partial charge in [-0.25, -0.2) is 8.78 Å². The average molecular weight is 590 g/mol. The van der Waals surface area contributed by atoms with E-state index in [1.54, 1.807) is 12.3 Å².